The van der Waals surface area contributed by atoms with Crippen molar-refractivity contribution in [2.75, 3.05) is 6.61 Å². The van der Waals surface area contributed by atoms with Crippen molar-refractivity contribution in [3.8, 4) is 5.75 Å². The van der Waals surface area contributed by atoms with Crippen molar-refractivity contribution in [2.24, 2.45) is 5.92 Å². The smallest absolute Gasteiger partial charge is 0.303 e. The summed E-state index contributed by atoms with van der Waals surface area (Å²) in [7, 11) is 0. The van der Waals surface area contributed by atoms with Crippen LogP contribution in [0.25, 0.3) is 0 Å². The normalized spacial score (nSPS) is 14.5. The van der Waals surface area contributed by atoms with E-state index in [2.05, 4.69) is 5.32 Å². The van der Waals surface area contributed by atoms with E-state index in [0.29, 0.717) is 17.9 Å². The number of ether oxygens (including phenoxy) is 1. The third kappa shape index (κ3) is 5.39. The molecule has 0 heterocycles. The van der Waals surface area contributed by atoms with Gasteiger partial charge in [-0.3, -0.25) is 9.59 Å². The molecule has 1 aliphatic rings. The molecule has 5 nitrogen and oxygen atoms in total. The van der Waals surface area contributed by atoms with E-state index in [4.69, 9.17) is 9.84 Å². The molecule has 1 amide bonds. The fourth-order valence-electron chi connectivity index (χ4n) is 2.06. The number of hydrogen-bond acceptors (Lipinski definition) is 3. The predicted molar refractivity (Wildman–Crippen MR) is 83.1 cm³/mol. The SMILES string of the molecule is CC(C)(CCC(=O)O)NC(=O)c1ccc(OCC2CC2)cc1. The number of benzene rings is 1. The van der Waals surface area contributed by atoms with Gasteiger partial charge in [0.2, 0.25) is 0 Å². The van der Waals surface area contributed by atoms with E-state index < -0.39 is 11.5 Å². The third-order valence-electron chi connectivity index (χ3n) is 3.71. The number of carbonyl (C=O) groups excluding carboxylic acids is 1. The van der Waals surface area contributed by atoms with Gasteiger partial charge in [0.1, 0.15) is 5.75 Å². The first-order valence-electron chi connectivity index (χ1n) is 7.63. The Morgan fingerprint density at radius 2 is 1.91 bits per heavy atom. The molecule has 1 aromatic rings. The molecule has 1 fully saturated rings. The van der Waals surface area contributed by atoms with Gasteiger partial charge in [0, 0.05) is 17.5 Å². The van der Waals surface area contributed by atoms with Gasteiger partial charge < -0.3 is 15.2 Å². The highest BCUT2D eigenvalue weighted by Gasteiger charge is 2.23. The van der Waals surface area contributed by atoms with Crippen molar-refractivity contribution in [3.05, 3.63) is 29.8 Å². The van der Waals surface area contributed by atoms with Crippen molar-refractivity contribution in [2.45, 2.75) is 45.1 Å². The van der Waals surface area contributed by atoms with Gasteiger partial charge in [0.25, 0.3) is 5.91 Å². The Labute approximate surface area is 130 Å². The van der Waals surface area contributed by atoms with Crippen LogP contribution in [0.3, 0.4) is 0 Å². The van der Waals surface area contributed by atoms with Gasteiger partial charge in [0.15, 0.2) is 0 Å². The average molecular weight is 305 g/mol. The summed E-state index contributed by atoms with van der Waals surface area (Å²) in [5, 5.41) is 11.6. The monoisotopic (exact) mass is 305 g/mol. The van der Waals surface area contributed by atoms with Crippen molar-refractivity contribution in [3.63, 3.8) is 0 Å². The highest BCUT2D eigenvalue weighted by molar-refractivity contribution is 5.94. The van der Waals surface area contributed by atoms with E-state index >= 15 is 0 Å². The Balaban J connectivity index is 1.86. The van der Waals surface area contributed by atoms with Gasteiger partial charge in [-0.15, -0.1) is 0 Å². The van der Waals surface area contributed by atoms with Gasteiger partial charge in [-0.25, -0.2) is 0 Å². The topological polar surface area (TPSA) is 75.6 Å². The maximum atomic E-state index is 12.2. The second-order valence-electron chi connectivity index (χ2n) is 6.51. The second kappa shape index (κ2) is 6.81. The van der Waals surface area contributed by atoms with E-state index in [-0.39, 0.29) is 12.3 Å². The van der Waals surface area contributed by atoms with Gasteiger partial charge in [-0.1, -0.05) is 0 Å². The van der Waals surface area contributed by atoms with E-state index in [0.717, 1.165) is 12.4 Å². The first kappa shape index (κ1) is 16.3. The van der Waals surface area contributed by atoms with Gasteiger partial charge >= 0.3 is 5.97 Å². The molecule has 1 aliphatic carbocycles. The molecular weight excluding hydrogens is 282 g/mol. The molecular formula is C17H23NO4. The summed E-state index contributed by atoms with van der Waals surface area (Å²) in [4.78, 5) is 22.8. The largest absolute Gasteiger partial charge is 0.493 e. The molecule has 0 bridgehead atoms. The summed E-state index contributed by atoms with van der Waals surface area (Å²) in [6.07, 6.45) is 2.90. The molecule has 0 atom stereocenters. The average Bonchev–Trinajstić information content (AvgIpc) is 3.27. The minimum absolute atomic E-state index is 0.0290. The Morgan fingerprint density at radius 3 is 2.45 bits per heavy atom. The predicted octanol–water partition coefficient (Wildman–Crippen LogP) is 2.85. The molecule has 2 N–H and O–H groups in total. The van der Waals surface area contributed by atoms with Crippen molar-refractivity contribution >= 4 is 11.9 Å². The third-order valence-corrected chi connectivity index (χ3v) is 3.71. The van der Waals surface area contributed by atoms with Crippen molar-refractivity contribution in [1.82, 2.24) is 5.32 Å². The first-order valence-corrected chi connectivity index (χ1v) is 7.63. The molecule has 0 saturated heterocycles. The second-order valence-corrected chi connectivity index (χ2v) is 6.51. The summed E-state index contributed by atoms with van der Waals surface area (Å²) in [5.74, 6) is 0.398. The van der Waals surface area contributed by atoms with E-state index in [1.165, 1.54) is 12.8 Å². The lowest BCUT2D eigenvalue weighted by Crippen LogP contribution is -2.43. The molecule has 0 spiro atoms. The number of carbonyl (C=O) groups is 2. The minimum atomic E-state index is -0.862. The number of carboxylic acids is 1. The number of nitrogens with one attached hydrogen (secondary N) is 1. The van der Waals surface area contributed by atoms with Crippen LogP contribution >= 0.6 is 0 Å². The van der Waals surface area contributed by atoms with Crippen LogP contribution < -0.4 is 10.1 Å². The molecule has 5 heteroatoms. The number of amides is 1. The van der Waals surface area contributed by atoms with Crippen molar-refractivity contribution < 1.29 is 19.4 Å². The highest BCUT2D eigenvalue weighted by atomic mass is 16.5. The van der Waals surface area contributed by atoms with E-state index in [1.807, 2.05) is 13.8 Å². The standard InChI is InChI=1S/C17H23NO4/c1-17(2,10-9-15(19)20)18-16(21)13-5-7-14(8-6-13)22-11-12-3-4-12/h5-8,12H,3-4,9-11H2,1-2H3,(H,18,21)(H,19,20). The van der Waals surface area contributed by atoms with E-state index in [1.54, 1.807) is 24.3 Å². The minimum Gasteiger partial charge on any atom is -0.493 e. The summed E-state index contributed by atoms with van der Waals surface area (Å²) in [5.41, 5.74) is -0.0152. The van der Waals surface area contributed by atoms with Gasteiger partial charge in [-0.2, -0.15) is 0 Å². The zero-order chi connectivity index (χ0) is 16.2. The molecule has 1 aromatic carbocycles. The Kier molecular flexibility index (Phi) is 5.06. The number of aliphatic carboxylic acids is 1. The van der Waals surface area contributed by atoms with Crippen molar-refractivity contribution in [1.29, 1.82) is 0 Å². The molecule has 0 unspecified atom stereocenters. The molecule has 120 valence electrons. The van der Waals surface area contributed by atoms with Crippen LogP contribution in [-0.2, 0) is 4.79 Å². The van der Waals surface area contributed by atoms with Gasteiger partial charge in [0.05, 0.1) is 6.61 Å². The van der Waals surface area contributed by atoms with Crippen LogP contribution in [-0.4, -0.2) is 29.1 Å². The maximum Gasteiger partial charge on any atom is 0.303 e. The first-order chi connectivity index (χ1) is 10.4. The molecule has 0 aromatic heterocycles. The zero-order valence-electron chi connectivity index (χ0n) is 13.1. The van der Waals surface area contributed by atoms with Crippen LogP contribution in [0.2, 0.25) is 0 Å². The summed E-state index contributed by atoms with van der Waals surface area (Å²) >= 11 is 0. The lowest BCUT2D eigenvalue weighted by atomic mass is 9.98. The fourth-order valence-corrected chi connectivity index (χ4v) is 2.06. The summed E-state index contributed by atoms with van der Waals surface area (Å²) < 4.78 is 5.63. The van der Waals surface area contributed by atoms with E-state index in [9.17, 15) is 9.59 Å². The Bertz CT molecular complexity index is 532. The lowest BCUT2D eigenvalue weighted by Gasteiger charge is -2.25. The molecule has 1 saturated carbocycles. The molecule has 0 aliphatic heterocycles. The maximum absolute atomic E-state index is 12.2. The number of rotatable bonds is 8. The van der Waals surface area contributed by atoms with Crippen LogP contribution in [0.1, 0.15) is 49.9 Å². The Hall–Kier alpha value is -2.04. The van der Waals surface area contributed by atoms with Gasteiger partial charge in [-0.05, 0) is 63.3 Å². The van der Waals surface area contributed by atoms with Crippen LogP contribution in [0.15, 0.2) is 24.3 Å². The summed E-state index contributed by atoms with van der Waals surface area (Å²) in [6, 6.07) is 7.04. The summed E-state index contributed by atoms with van der Waals surface area (Å²) in [6.45, 7) is 4.38. The quantitative estimate of drug-likeness (QED) is 0.774. The molecule has 22 heavy (non-hydrogen) atoms. The van der Waals surface area contributed by atoms with Crippen LogP contribution in [0.5, 0.6) is 5.75 Å². The molecule has 2 rings (SSSR count). The van der Waals surface area contributed by atoms with Crippen LogP contribution in [0.4, 0.5) is 0 Å². The fraction of sp³-hybridized carbons (Fsp3) is 0.529. The zero-order valence-corrected chi connectivity index (χ0v) is 13.1. The molecule has 0 radical (unpaired) electrons. The number of carboxylic acid groups (broad SMARTS) is 1. The number of hydrogen-bond donors (Lipinski definition) is 2. The Morgan fingerprint density at radius 1 is 1.27 bits per heavy atom. The lowest BCUT2D eigenvalue weighted by molar-refractivity contribution is -0.137. The van der Waals surface area contributed by atoms with Crippen LogP contribution in [0, 0.1) is 5.92 Å². The highest BCUT2D eigenvalue weighted by Crippen LogP contribution is 2.29.